The number of carbonyl (C=O) groups is 2. The van der Waals surface area contributed by atoms with E-state index in [9.17, 15) is 14.0 Å². The van der Waals surface area contributed by atoms with Gasteiger partial charge in [0, 0.05) is 36.3 Å². The Morgan fingerprint density at radius 1 is 1.20 bits per heavy atom. The fourth-order valence-corrected chi connectivity index (χ4v) is 3.97. The van der Waals surface area contributed by atoms with Gasteiger partial charge in [0.15, 0.2) is 0 Å². The Balaban J connectivity index is 1.53. The second-order valence-corrected chi connectivity index (χ2v) is 7.37. The van der Waals surface area contributed by atoms with E-state index in [1.54, 1.807) is 12.3 Å². The Bertz CT molecular complexity index is 1080. The van der Waals surface area contributed by atoms with Gasteiger partial charge in [0.2, 0.25) is 0 Å². The third-order valence-electron chi connectivity index (χ3n) is 5.41. The van der Waals surface area contributed by atoms with Crippen LogP contribution in [0.25, 0.3) is 10.9 Å². The van der Waals surface area contributed by atoms with E-state index in [0.717, 1.165) is 16.5 Å². The Hall–Kier alpha value is -3.32. The summed E-state index contributed by atoms with van der Waals surface area (Å²) in [6, 6.07) is 14.6. The van der Waals surface area contributed by atoms with E-state index in [-0.39, 0.29) is 23.5 Å². The van der Waals surface area contributed by atoms with Crippen molar-refractivity contribution < 1.29 is 18.7 Å². The highest BCUT2D eigenvalue weighted by Crippen LogP contribution is 2.25. The predicted molar refractivity (Wildman–Crippen MR) is 110 cm³/mol. The Morgan fingerprint density at radius 3 is 2.83 bits per heavy atom. The lowest BCUT2D eigenvalue weighted by atomic mass is 10.1. The minimum Gasteiger partial charge on any atom is -0.468 e. The number of nitrogens with one attached hydrogen (secondary N) is 1. The standard InChI is InChI=1S/C23H22FN3O3/c1-30-23(29)21-12-18(26-22(28)15-5-4-6-17(24)11-15)14-27(21)13-16-9-10-25-20-8-3-2-7-19(16)20/h2-11,18,21H,12-14H2,1H3,(H,26,28)/t18-,21-/m0/s1. The number of rotatable bonds is 5. The highest BCUT2D eigenvalue weighted by atomic mass is 19.1. The minimum atomic E-state index is -0.472. The maximum Gasteiger partial charge on any atom is 0.323 e. The molecule has 7 heteroatoms. The molecule has 1 saturated heterocycles. The zero-order valence-electron chi connectivity index (χ0n) is 16.5. The molecule has 154 valence electrons. The average molecular weight is 407 g/mol. The van der Waals surface area contributed by atoms with Crippen molar-refractivity contribution in [2.24, 2.45) is 0 Å². The quantitative estimate of drug-likeness (QED) is 0.659. The fraction of sp³-hybridized carbons (Fsp3) is 0.261. The van der Waals surface area contributed by atoms with Crippen LogP contribution in [0.2, 0.25) is 0 Å². The van der Waals surface area contributed by atoms with Gasteiger partial charge in [-0.2, -0.15) is 0 Å². The number of para-hydroxylation sites is 1. The molecule has 2 heterocycles. The molecule has 0 bridgehead atoms. The molecule has 0 saturated carbocycles. The predicted octanol–water partition coefficient (Wildman–Crippen LogP) is 2.92. The highest BCUT2D eigenvalue weighted by Gasteiger charge is 2.38. The molecule has 1 aliphatic rings. The van der Waals surface area contributed by atoms with Crippen molar-refractivity contribution in [2.45, 2.75) is 25.0 Å². The number of fused-ring (bicyclic) bond motifs is 1. The number of likely N-dealkylation sites (tertiary alicyclic amines) is 1. The van der Waals surface area contributed by atoms with Crippen LogP contribution in [0.15, 0.2) is 60.8 Å². The van der Waals surface area contributed by atoms with Crippen LogP contribution >= 0.6 is 0 Å². The van der Waals surface area contributed by atoms with Crippen LogP contribution in [-0.4, -0.2) is 47.5 Å². The van der Waals surface area contributed by atoms with Gasteiger partial charge in [0.05, 0.1) is 12.6 Å². The van der Waals surface area contributed by atoms with E-state index in [1.165, 1.54) is 25.3 Å². The number of hydrogen-bond acceptors (Lipinski definition) is 5. The molecule has 1 N–H and O–H groups in total. The smallest absolute Gasteiger partial charge is 0.323 e. The molecule has 1 aliphatic heterocycles. The molecule has 1 fully saturated rings. The van der Waals surface area contributed by atoms with E-state index in [4.69, 9.17) is 4.74 Å². The second kappa shape index (κ2) is 8.59. The van der Waals surface area contributed by atoms with Crippen molar-refractivity contribution in [3.63, 3.8) is 0 Å². The Labute approximate surface area is 173 Å². The first-order valence-electron chi connectivity index (χ1n) is 9.76. The van der Waals surface area contributed by atoms with Gasteiger partial charge in [-0.3, -0.25) is 19.5 Å². The summed E-state index contributed by atoms with van der Waals surface area (Å²) < 4.78 is 18.4. The Morgan fingerprint density at radius 2 is 2.03 bits per heavy atom. The number of aromatic nitrogens is 1. The van der Waals surface area contributed by atoms with Crippen LogP contribution in [-0.2, 0) is 16.1 Å². The van der Waals surface area contributed by atoms with E-state index < -0.39 is 11.9 Å². The first kappa shape index (κ1) is 20.0. The van der Waals surface area contributed by atoms with Gasteiger partial charge in [0.25, 0.3) is 5.91 Å². The molecule has 0 radical (unpaired) electrons. The van der Waals surface area contributed by atoms with E-state index >= 15 is 0 Å². The maximum absolute atomic E-state index is 13.4. The van der Waals surface area contributed by atoms with E-state index in [2.05, 4.69) is 10.3 Å². The summed E-state index contributed by atoms with van der Waals surface area (Å²) in [6.45, 7) is 1.01. The van der Waals surface area contributed by atoms with Crippen LogP contribution in [0.3, 0.4) is 0 Å². The van der Waals surface area contributed by atoms with Crippen LogP contribution in [0.1, 0.15) is 22.3 Å². The van der Waals surface area contributed by atoms with Gasteiger partial charge in [-0.05, 0) is 42.3 Å². The van der Waals surface area contributed by atoms with Gasteiger partial charge < -0.3 is 10.1 Å². The molecule has 0 spiro atoms. The van der Waals surface area contributed by atoms with Crippen molar-refractivity contribution in [3.05, 3.63) is 77.7 Å². The highest BCUT2D eigenvalue weighted by molar-refractivity contribution is 5.94. The molecular weight excluding hydrogens is 385 g/mol. The van der Waals surface area contributed by atoms with Crippen molar-refractivity contribution >= 4 is 22.8 Å². The monoisotopic (exact) mass is 407 g/mol. The number of hydrogen-bond donors (Lipinski definition) is 1. The summed E-state index contributed by atoms with van der Waals surface area (Å²) in [5.41, 5.74) is 2.19. The first-order chi connectivity index (χ1) is 14.5. The number of amides is 1. The van der Waals surface area contributed by atoms with Crippen molar-refractivity contribution in [1.82, 2.24) is 15.2 Å². The summed E-state index contributed by atoms with van der Waals surface area (Å²) in [5.74, 6) is -1.16. The molecule has 2 atom stereocenters. The SMILES string of the molecule is COC(=O)[C@@H]1C[C@H](NC(=O)c2cccc(F)c2)CN1Cc1ccnc2ccccc12. The number of esters is 1. The zero-order chi connectivity index (χ0) is 21.1. The molecule has 1 aromatic heterocycles. The van der Waals surface area contributed by atoms with Crippen LogP contribution in [0.4, 0.5) is 4.39 Å². The zero-order valence-corrected chi connectivity index (χ0v) is 16.5. The van der Waals surface area contributed by atoms with Gasteiger partial charge >= 0.3 is 5.97 Å². The molecule has 30 heavy (non-hydrogen) atoms. The summed E-state index contributed by atoms with van der Waals surface area (Å²) in [7, 11) is 1.36. The number of benzene rings is 2. The minimum absolute atomic E-state index is 0.252. The topological polar surface area (TPSA) is 71.5 Å². The third kappa shape index (κ3) is 4.16. The average Bonchev–Trinajstić information content (AvgIpc) is 3.15. The molecule has 0 aliphatic carbocycles. The first-order valence-corrected chi connectivity index (χ1v) is 9.76. The molecule has 2 aromatic carbocycles. The summed E-state index contributed by atoms with van der Waals surface area (Å²) >= 11 is 0. The lowest BCUT2D eigenvalue weighted by molar-refractivity contribution is -0.146. The number of pyridine rings is 1. The van der Waals surface area contributed by atoms with Gasteiger partial charge in [-0.25, -0.2) is 4.39 Å². The summed E-state index contributed by atoms with van der Waals surface area (Å²) in [5, 5.41) is 3.94. The summed E-state index contributed by atoms with van der Waals surface area (Å²) in [6.07, 6.45) is 2.18. The largest absolute Gasteiger partial charge is 0.468 e. The van der Waals surface area contributed by atoms with Gasteiger partial charge in [-0.1, -0.05) is 24.3 Å². The Kier molecular flexibility index (Phi) is 5.72. The number of ether oxygens (including phenoxy) is 1. The number of methoxy groups -OCH3 is 1. The van der Waals surface area contributed by atoms with Crippen molar-refractivity contribution in [1.29, 1.82) is 0 Å². The molecule has 3 aromatic rings. The fourth-order valence-electron chi connectivity index (χ4n) is 3.97. The van der Waals surface area contributed by atoms with Gasteiger partial charge in [-0.15, -0.1) is 0 Å². The van der Waals surface area contributed by atoms with Crippen molar-refractivity contribution in [3.8, 4) is 0 Å². The molecule has 1 amide bonds. The molecule has 4 rings (SSSR count). The van der Waals surface area contributed by atoms with E-state index in [1.807, 2.05) is 35.2 Å². The lowest BCUT2D eigenvalue weighted by Gasteiger charge is -2.22. The van der Waals surface area contributed by atoms with E-state index in [0.29, 0.717) is 19.5 Å². The second-order valence-electron chi connectivity index (χ2n) is 7.37. The van der Waals surface area contributed by atoms with Gasteiger partial charge in [0.1, 0.15) is 11.9 Å². The normalized spacial score (nSPS) is 19.0. The molecular formula is C23H22FN3O3. The van der Waals surface area contributed by atoms with Crippen molar-refractivity contribution in [2.75, 3.05) is 13.7 Å². The molecule has 0 unspecified atom stereocenters. The van der Waals surface area contributed by atoms with Crippen LogP contribution < -0.4 is 5.32 Å². The lowest BCUT2D eigenvalue weighted by Crippen LogP contribution is -2.37. The van der Waals surface area contributed by atoms with Crippen LogP contribution in [0.5, 0.6) is 0 Å². The maximum atomic E-state index is 13.4. The number of halogens is 1. The molecule has 6 nitrogen and oxygen atoms in total. The summed E-state index contributed by atoms with van der Waals surface area (Å²) in [4.78, 5) is 31.3. The number of carbonyl (C=O) groups excluding carboxylic acids is 2. The number of nitrogens with zero attached hydrogens (tertiary/aromatic N) is 2. The third-order valence-corrected chi connectivity index (χ3v) is 5.41. The van der Waals surface area contributed by atoms with Crippen LogP contribution in [0, 0.1) is 5.82 Å².